The molecule has 0 spiro atoms. The van der Waals surface area contributed by atoms with E-state index in [1.165, 1.54) is 27.5 Å². The minimum atomic E-state index is -0.426. The topological polar surface area (TPSA) is 9.23 Å². The summed E-state index contributed by atoms with van der Waals surface area (Å²) in [6, 6.07) is 21.0. The zero-order valence-electron chi connectivity index (χ0n) is 12.8. The number of rotatable bonds is 1. The van der Waals surface area contributed by atoms with Crippen LogP contribution >= 0.6 is 0 Å². The van der Waals surface area contributed by atoms with Crippen molar-refractivity contribution in [2.75, 3.05) is 0 Å². The Morgan fingerprint density at radius 1 is 0.909 bits per heavy atom. The molecule has 108 valence electrons. The maximum absolute atomic E-state index is 6.51. The molecule has 4 rings (SSSR count). The van der Waals surface area contributed by atoms with E-state index in [1.807, 2.05) is 6.07 Å². The first-order valence-corrected chi connectivity index (χ1v) is 7.63. The van der Waals surface area contributed by atoms with Crippen molar-refractivity contribution in [3.05, 3.63) is 83.4 Å². The van der Waals surface area contributed by atoms with Crippen molar-refractivity contribution < 1.29 is 4.74 Å². The molecule has 1 atom stereocenters. The predicted molar refractivity (Wildman–Crippen MR) is 92.1 cm³/mol. The third-order valence-electron chi connectivity index (χ3n) is 4.48. The molecule has 22 heavy (non-hydrogen) atoms. The lowest BCUT2D eigenvalue weighted by Gasteiger charge is -2.33. The first-order chi connectivity index (χ1) is 10.7. The van der Waals surface area contributed by atoms with Crippen molar-refractivity contribution in [2.45, 2.75) is 19.4 Å². The van der Waals surface area contributed by atoms with E-state index in [1.54, 1.807) is 0 Å². The monoisotopic (exact) mass is 286 g/mol. The molecule has 0 aliphatic carbocycles. The van der Waals surface area contributed by atoms with Crippen LogP contribution in [0.5, 0.6) is 5.75 Å². The minimum absolute atomic E-state index is 0.426. The van der Waals surface area contributed by atoms with Crippen LogP contribution in [0.1, 0.15) is 23.6 Å². The van der Waals surface area contributed by atoms with Gasteiger partial charge in [-0.05, 0) is 36.4 Å². The summed E-state index contributed by atoms with van der Waals surface area (Å²) in [7, 11) is 0. The fourth-order valence-corrected chi connectivity index (χ4v) is 3.19. The van der Waals surface area contributed by atoms with Crippen molar-refractivity contribution >= 4 is 16.8 Å². The number of fused-ring (bicyclic) bond motifs is 3. The van der Waals surface area contributed by atoms with Gasteiger partial charge < -0.3 is 4.74 Å². The van der Waals surface area contributed by atoms with E-state index in [-0.39, 0.29) is 0 Å². The lowest BCUT2D eigenvalue weighted by molar-refractivity contribution is 0.140. The van der Waals surface area contributed by atoms with Gasteiger partial charge in [-0.25, -0.2) is 0 Å². The first-order valence-electron chi connectivity index (χ1n) is 7.63. The highest BCUT2D eigenvalue weighted by Crippen LogP contribution is 2.42. The van der Waals surface area contributed by atoms with Gasteiger partial charge in [0.05, 0.1) is 0 Å². The molecular formula is C21H18O. The third-order valence-corrected chi connectivity index (χ3v) is 4.48. The van der Waals surface area contributed by atoms with Crippen LogP contribution in [0.4, 0.5) is 0 Å². The highest BCUT2D eigenvalue weighted by molar-refractivity contribution is 5.93. The lowest BCUT2D eigenvalue weighted by atomic mass is 9.90. The zero-order chi connectivity index (χ0) is 15.2. The molecule has 0 aromatic heterocycles. The average molecular weight is 286 g/mol. The Balaban J connectivity index is 1.94. The number of benzene rings is 3. The van der Waals surface area contributed by atoms with E-state index in [2.05, 4.69) is 80.6 Å². The second kappa shape index (κ2) is 4.74. The molecule has 0 amide bonds. The van der Waals surface area contributed by atoms with Gasteiger partial charge >= 0.3 is 0 Å². The molecule has 0 radical (unpaired) electrons. The number of aryl methyl sites for hydroxylation is 1. The van der Waals surface area contributed by atoms with E-state index in [4.69, 9.17) is 4.74 Å². The normalized spacial score (nSPS) is 19.7. The average Bonchev–Trinajstić information content (AvgIpc) is 2.56. The second-order valence-electron chi connectivity index (χ2n) is 6.07. The summed E-state index contributed by atoms with van der Waals surface area (Å²) in [6.45, 7) is 4.27. The molecule has 1 aliphatic heterocycles. The summed E-state index contributed by atoms with van der Waals surface area (Å²) in [5, 5.41) is 2.40. The Kier molecular flexibility index (Phi) is 2.83. The smallest absolute Gasteiger partial charge is 0.150 e. The third kappa shape index (κ3) is 1.93. The van der Waals surface area contributed by atoms with Gasteiger partial charge in [0.15, 0.2) is 0 Å². The van der Waals surface area contributed by atoms with Crippen LogP contribution in [0.3, 0.4) is 0 Å². The Hall–Kier alpha value is -2.54. The summed E-state index contributed by atoms with van der Waals surface area (Å²) in [6.07, 6.45) is 4.36. The maximum atomic E-state index is 6.51. The summed E-state index contributed by atoms with van der Waals surface area (Å²) in [5.41, 5.74) is 3.18. The molecule has 0 fully saturated rings. The fraction of sp³-hybridized carbons (Fsp3) is 0.143. The summed E-state index contributed by atoms with van der Waals surface area (Å²) in [5.74, 6) is 0.990. The molecule has 1 heteroatoms. The van der Waals surface area contributed by atoms with E-state index in [0.717, 1.165) is 5.75 Å². The van der Waals surface area contributed by atoms with Crippen molar-refractivity contribution in [3.63, 3.8) is 0 Å². The van der Waals surface area contributed by atoms with Crippen LogP contribution in [0, 0.1) is 6.92 Å². The molecule has 0 N–H and O–H groups in total. The second-order valence-corrected chi connectivity index (χ2v) is 6.07. The molecule has 1 aliphatic rings. The molecule has 3 aromatic carbocycles. The van der Waals surface area contributed by atoms with Crippen molar-refractivity contribution in [2.24, 2.45) is 0 Å². The van der Waals surface area contributed by atoms with Gasteiger partial charge in [0, 0.05) is 10.9 Å². The summed E-state index contributed by atoms with van der Waals surface area (Å²) in [4.78, 5) is 0. The Bertz CT molecular complexity index is 877. The lowest BCUT2D eigenvalue weighted by Crippen LogP contribution is -2.29. The van der Waals surface area contributed by atoms with Gasteiger partial charge in [-0.15, -0.1) is 0 Å². The zero-order valence-corrected chi connectivity index (χ0v) is 12.8. The summed E-state index contributed by atoms with van der Waals surface area (Å²) >= 11 is 0. The van der Waals surface area contributed by atoms with Gasteiger partial charge in [0.2, 0.25) is 0 Å². The molecule has 0 saturated carbocycles. The summed E-state index contributed by atoms with van der Waals surface area (Å²) < 4.78 is 6.51. The quantitative estimate of drug-likeness (QED) is 0.576. The van der Waals surface area contributed by atoms with Gasteiger partial charge in [0.25, 0.3) is 0 Å². The van der Waals surface area contributed by atoms with Gasteiger partial charge in [-0.3, -0.25) is 0 Å². The van der Waals surface area contributed by atoms with E-state index >= 15 is 0 Å². The van der Waals surface area contributed by atoms with Crippen LogP contribution in [0.2, 0.25) is 0 Å². The molecule has 0 saturated heterocycles. The minimum Gasteiger partial charge on any atom is -0.477 e. The van der Waals surface area contributed by atoms with Gasteiger partial charge in [-0.2, -0.15) is 0 Å². The van der Waals surface area contributed by atoms with Crippen LogP contribution in [-0.4, -0.2) is 0 Å². The molecule has 3 aromatic rings. The van der Waals surface area contributed by atoms with Crippen molar-refractivity contribution in [3.8, 4) is 5.75 Å². The standard InChI is InChI=1S/C21H18O/c1-15-14-16-8-6-7-11-19(16)20-18(15)12-13-21(2,22-20)17-9-4-3-5-10-17/h3-14H,1-2H3. The molecule has 1 heterocycles. The number of hydrogen-bond acceptors (Lipinski definition) is 1. The van der Waals surface area contributed by atoms with Gasteiger partial charge in [0.1, 0.15) is 11.4 Å². The van der Waals surface area contributed by atoms with Crippen LogP contribution in [0.15, 0.2) is 66.7 Å². The van der Waals surface area contributed by atoms with Crippen LogP contribution in [-0.2, 0) is 5.60 Å². The SMILES string of the molecule is Cc1cc2ccccc2c2c1C=CC(C)(c1ccccc1)O2. The largest absolute Gasteiger partial charge is 0.477 e. The van der Waals surface area contributed by atoms with E-state index in [9.17, 15) is 0 Å². The van der Waals surface area contributed by atoms with Crippen molar-refractivity contribution in [1.29, 1.82) is 0 Å². The Labute approximate surface area is 130 Å². The van der Waals surface area contributed by atoms with E-state index < -0.39 is 5.60 Å². The number of hydrogen-bond donors (Lipinski definition) is 0. The molecule has 0 bridgehead atoms. The molecular weight excluding hydrogens is 268 g/mol. The highest BCUT2D eigenvalue weighted by Gasteiger charge is 2.30. The van der Waals surface area contributed by atoms with Crippen LogP contribution in [0.25, 0.3) is 16.8 Å². The fourth-order valence-electron chi connectivity index (χ4n) is 3.19. The predicted octanol–water partition coefficient (Wildman–Crippen LogP) is 5.47. The highest BCUT2D eigenvalue weighted by atomic mass is 16.5. The Morgan fingerprint density at radius 3 is 2.45 bits per heavy atom. The number of ether oxygens (including phenoxy) is 1. The Morgan fingerprint density at radius 2 is 1.64 bits per heavy atom. The molecule has 1 nitrogen and oxygen atoms in total. The van der Waals surface area contributed by atoms with E-state index in [0.29, 0.717) is 0 Å². The van der Waals surface area contributed by atoms with Crippen molar-refractivity contribution in [1.82, 2.24) is 0 Å². The van der Waals surface area contributed by atoms with Crippen LogP contribution < -0.4 is 4.74 Å². The maximum Gasteiger partial charge on any atom is 0.150 e. The molecule has 1 unspecified atom stereocenters. The first kappa shape index (κ1) is 13.1. The van der Waals surface area contributed by atoms with Gasteiger partial charge in [-0.1, -0.05) is 66.7 Å².